The van der Waals surface area contributed by atoms with Gasteiger partial charge in [-0.05, 0) is 44.4 Å². The second-order valence-electron chi connectivity index (χ2n) is 7.66. The van der Waals surface area contributed by atoms with Crippen LogP contribution in [0, 0.1) is 11.8 Å². The number of hydrogen-bond donors (Lipinski definition) is 1. The van der Waals surface area contributed by atoms with Gasteiger partial charge in [0, 0.05) is 19.5 Å². The van der Waals surface area contributed by atoms with E-state index in [4.69, 9.17) is 9.47 Å². The SMILES string of the molecule is COc1cc(CNC(=O)CCN2C(=O)[C@H]3CC=CC[C@H]3C2=O)ccc1OC(C)C. The molecule has 1 aliphatic carbocycles. The average Bonchev–Trinajstić information content (AvgIpc) is 2.95. The Morgan fingerprint density at radius 1 is 1.14 bits per heavy atom. The van der Waals surface area contributed by atoms with Crippen molar-refractivity contribution in [2.45, 2.75) is 45.8 Å². The Morgan fingerprint density at radius 2 is 1.79 bits per heavy atom. The molecule has 2 aliphatic rings. The number of rotatable bonds is 8. The summed E-state index contributed by atoms with van der Waals surface area (Å²) in [7, 11) is 1.57. The topological polar surface area (TPSA) is 84.9 Å². The molecule has 2 atom stereocenters. The molecule has 1 fully saturated rings. The fraction of sp³-hybridized carbons (Fsp3) is 0.500. The van der Waals surface area contributed by atoms with Crippen LogP contribution >= 0.6 is 0 Å². The van der Waals surface area contributed by atoms with Gasteiger partial charge in [0.05, 0.1) is 25.0 Å². The van der Waals surface area contributed by atoms with Crippen molar-refractivity contribution < 1.29 is 23.9 Å². The van der Waals surface area contributed by atoms with E-state index in [2.05, 4.69) is 5.32 Å². The van der Waals surface area contributed by atoms with E-state index in [0.29, 0.717) is 30.9 Å². The third kappa shape index (κ3) is 4.78. The first-order valence-electron chi connectivity index (χ1n) is 10.0. The quantitative estimate of drug-likeness (QED) is 0.535. The Bertz CT molecular complexity index is 791. The summed E-state index contributed by atoms with van der Waals surface area (Å²) < 4.78 is 11.0. The lowest BCUT2D eigenvalue weighted by Crippen LogP contribution is -2.35. The van der Waals surface area contributed by atoms with Crippen molar-refractivity contribution in [1.82, 2.24) is 10.2 Å². The zero-order valence-electron chi connectivity index (χ0n) is 17.1. The molecule has 7 nitrogen and oxygen atoms in total. The second-order valence-corrected chi connectivity index (χ2v) is 7.66. The van der Waals surface area contributed by atoms with Crippen LogP contribution in [0.2, 0.25) is 0 Å². The summed E-state index contributed by atoms with van der Waals surface area (Å²) in [5.41, 5.74) is 0.872. The van der Waals surface area contributed by atoms with Crippen molar-refractivity contribution in [1.29, 1.82) is 0 Å². The molecule has 0 saturated carbocycles. The molecular formula is C22H28N2O5. The lowest BCUT2D eigenvalue weighted by Gasteiger charge is -2.16. The molecular weight excluding hydrogens is 372 g/mol. The highest BCUT2D eigenvalue weighted by Gasteiger charge is 2.46. The normalized spacial score (nSPS) is 20.8. The van der Waals surface area contributed by atoms with Crippen molar-refractivity contribution in [2.75, 3.05) is 13.7 Å². The van der Waals surface area contributed by atoms with Gasteiger partial charge in [0.15, 0.2) is 11.5 Å². The first-order valence-corrected chi connectivity index (χ1v) is 10.0. The molecule has 7 heteroatoms. The van der Waals surface area contributed by atoms with Gasteiger partial charge in [-0.1, -0.05) is 18.2 Å². The number of nitrogens with one attached hydrogen (secondary N) is 1. The first-order chi connectivity index (χ1) is 13.9. The van der Waals surface area contributed by atoms with Gasteiger partial charge in [-0.2, -0.15) is 0 Å². The fourth-order valence-corrected chi connectivity index (χ4v) is 3.77. The molecule has 1 N–H and O–H groups in total. The van der Waals surface area contributed by atoms with Crippen LogP contribution in [-0.4, -0.2) is 42.4 Å². The number of ether oxygens (including phenoxy) is 2. The number of imide groups is 1. The number of amides is 3. The Morgan fingerprint density at radius 3 is 2.38 bits per heavy atom. The van der Waals surface area contributed by atoms with Crippen LogP contribution in [0.4, 0.5) is 0 Å². The predicted octanol–water partition coefficient (Wildman–Crippen LogP) is 2.44. The molecule has 156 valence electrons. The second kappa shape index (κ2) is 9.11. The van der Waals surface area contributed by atoms with Crippen LogP contribution in [0.5, 0.6) is 11.5 Å². The van der Waals surface area contributed by atoms with Crippen LogP contribution in [-0.2, 0) is 20.9 Å². The Kier molecular flexibility index (Phi) is 6.56. The van der Waals surface area contributed by atoms with Gasteiger partial charge in [0.1, 0.15) is 0 Å². The van der Waals surface area contributed by atoms with Gasteiger partial charge in [-0.3, -0.25) is 19.3 Å². The van der Waals surface area contributed by atoms with Crippen molar-refractivity contribution >= 4 is 17.7 Å². The number of benzene rings is 1. The van der Waals surface area contributed by atoms with Crippen molar-refractivity contribution in [3.8, 4) is 11.5 Å². The fourth-order valence-electron chi connectivity index (χ4n) is 3.77. The van der Waals surface area contributed by atoms with E-state index in [1.165, 1.54) is 4.90 Å². The van der Waals surface area contributed by atoms with Crippen LogP contribution in [0.3, 0.4) is 0 Å². The zero-order chi connectivity index (χ0) is 21.0. The summed E-state index contributed by atoms with van der Waals surface area (Å²) in [5.74, 6) is 0.240. The smallest absolute Gasteiger partial charge is 0.233 e. The Labute approximate surface area is 171 Å². The van der Waals surface area contributed by atoms with E-state index in [0.717, 1.165) is 5.56 Å². The number of hydrogen-bond acceptors (Lipinski definition) is 5. The van der Waals surface area contributed by atoms with Gasteiger partial charge in [0.25, 0.3) is 0 Å². The van der Waals surface area contributed by atoms with Crippen LogP contribution in [0.15, 0.2) is 30.4 Å². The molecule has 1 heterocycles. The number of fused-ring (bicyclic) bond motifs is 1. The minimum Gasteiger partial charge on any atom is -0.493 e. The van der Waals surface area contributed by atoms with Crippen molar-refractivity contribution in [2.24, 2.45) is 11.8 Å². The molecule has 0 unspecified atom stereocenters. The van der Waals surface area contributed by atoms with Crippen molar-refractivity contribution in [3.63, 3.8) is 0 Å². The third-order valence-electron chi connectivity index (χ3n) is 5.24. The molecule has 0 spiro atoms. The van der Waals surface area contributed by atoms with E-state index in [1.807, 2.05) is 44.2 Å². The maximum absolute atomic E-state index is 12.4. The number of carbonyl (C=O) groups excluding carboxylic acids is 3. The highest BCUT2D eigenvalue weighted by Crippen LogP contribution is 2.35. The molecule has 1 aliphatic heterocycles. The average molecular weight is 400 g/mol. The van der Waals surface area contributed by atoms with Gasteiger partial charge in [0.2, 0.25) is 17.7 Å². The zero-order valence-corrected chi connectivity index (χ0v) is 17.1. The van der Waals surface area contributed by atoms with E-state index in [-0.39, 0.29) is 48.6 Å². The highest BCUT2D eigenvalue weighted by molar-refractivity contribution is 6.05. The maximum atomic E-state index is 12.4. The Balaban J connectivity index is 1.50. The number of carbonyl (C=O) groups is 3. The molecule has 29 heavy (non-hydrogen) atoms. The standard InChI is InChI=1S/C22H28N2O5/c1-14(2)29-18-9-8-15(12-19(18)28-3)13-23-20(25)10-11-24-21(26)16-6-4-5-7-17(16)22(24)27/h4-5,8-9,12,14,16-17H,6-7,10-11,13H2,1-3H3,(H,23,25)/t16-,17+. The summed E-state index contributed by atoms with van der Waals surface area (Å²) >= 11 is 0. The van der Waals surface area contributed by atoms with Crippen LogP contribution in [0.25, 0.3) is 0 Å². The predicted molar refractivity (Wildman–Crippen MR) is 107 cm³/mol. The summed E-state index contributed by atoms with van der Waals surface area (Å²) in [6.07, 6.45) is 5.25. The first kappa shape index (κ1) is 20.9. The lowest BCUT2D eigenvalue weighted by molar-refractivity contribution is -0.140. The molecule has 1 aromatic rings. The van der Waals surface area contributed by atoms with Crippen LogP contribution in [0.1, 0.15) is 38.7 Å². The van der Waals surface area contributed by atoms with E-state index in [1.54, 1.807) is 7.11 Å². The van der Waals surface area contributed by atoms with Gasteiger partial charge < -0.3 is 14.8 Å². The third-order valence-corrected chi connectivity index (χ3v) is 5.24. The number of nitrogens with zero attached hydrogens (tertiary/aromatic N) is 1. The van der Waals surface area contributed by atoms with Gasteiger partial charge in [-0.15, -0.1) is 0 Å². The van der Waals surface area contributed by atoms with E-state index >= 15 is 0 Å². The molecule has 3 rings (SSSR count). The molecule has 1 aromatic carbocycles. The molecule has 0 radical (unpaired) electrons. The van der Waals surface area contributed by atoms with Crippen molar-refractivity contribution in [3.05, 3.63) is 35.9 Å². The highest BCUT2D eigenvalue weighted by atomic mass is 16.5. The molecule has 3 amide bonds. The van der Waals surface area contributed by atoms with E-state index in [9.17, 15) is 14.4 Å². The minimum absolute atomic E-state index is 0.0325. The largest absolute Gasteiger partial charge is 0.493 e. The summed E-state index contributed by atoms with van der Waals surface area (Å²) in [6.45, 7) is 4.33. The molecule has 0 aromatic heterocycles. The number of methoxy groups -OCH3 is 1. The minimum atomic E-state index is -0.255. The van der Waals surface area contributed by atoms with Gasteiger partial charge >= 0.3 is 0 Å². The molecule has 1 saturated heterocycles. The van der Waals surface area contributed by atoms with Crippen LogP contribution < -0.4 is 14.8 Å². The number of allylic oxidation sites excluding steroid dienone is 2. The summed E-state index contributed by atoms with van der Waals surface area (Å²) in [6, 6.07) is 5.51. The summed E-state index contributed by atoms with van der Waals surface area (Å²) in [4.78, 5) is 38.4. The number of likely N-dealkylation sites (tertiary alicyclic amines) is 1. The summed E-state index contributed by atoms with van der Waals surface area (Å²) in [5, 5.41) is 2.83. The molecule has 0 bridgehead atoms. The van der Waals surface area contributed by atoms with Gasteiger partial charge in [-0.25, -0.2) is 0 Å². The monoisotopic (exact) mass is 400 g/mol. The Hall–Kier alpha value is -2.83. The van der Waals surface area contributed by atoms with E-state index < -0.39 is 0 Å². The maximum Gasteiger partial charge on any atom is 0.233 e. The lowest BCUT2D eigenvalue weighted by atomic mass is 9.85.